The van der Waals surface area contributed by atoms with Crippen LogP contribution >= 0.6 is 0 Å². The molecule has 6 heteroatoms. The third-order valence-electron chi connectivity index (χ3n) is 10.1. The highest BCUT2D eigenvalue weighted by Gasteiger charge is 2.19. The lowest BCUT2D eigenvalue weighted by atomic mass is 10.1. The minimum absolute atomic E-state index is 0.112. The Morgan fingerprint density at radius 2 is 0.609 bits per heavy atom. The second kappa shape index (κ2) is 51.2. The van der Waals surface area contributed by atoms with Crippen molar-refractivity contribution < 1.29 is 28.6 Å². The topological polar surface area (TPSA) is 78.9 Å². The number of esters is 3. The Balaban J connectivity index is 4.53. The second-order valence-electron chi connectivity index (χ2n) is 16.2. The van der Waals surface area contributed by atoms with Gasteiger partial charge in [-0.05, 0) is 83.5 Å². The Morgan fingerprint density at radius 1 is 0.328 bits per heavy atom. The van der Waals surface area contributed by atoms with Crippen LogP contribution < -0.4 is 0 Å². The quantitative estimate of drug-likeness (QED) is 0.0263. The van der Waals surface area contributed by atoms with E-state index in [0.717, 1.165) is 135 Å². The largest absolute Gasteiger partial charge is 0.462 e. The van der Waals surface area contributed by atoms with Crippen molar-refractivity contribution in [1.29, 1.82) is 0 Å². The Bertz CT molecular complexity index is 1430. The Labute approximate surface area is 392 Å². The molecule has 0 saturated heterocycles. The van der Waals surface area contributed by atoms with E-state index in [1.54, 1.807) is 0 Å². The highest BCUT2D eigenvalue weighted by atomic mass is 16.6. The lowest BCUT2D eigenvalue weighted by Crippen LogP contribution is -2.30. The van der Waals surface area contributed by atoms with Crippen molar-refractivity contribution >= 4 is 17.9 Å². The van der Waals surface area contributed by atoms with E-state index in [2.05, 4.69) is 124 Å². The summed E-state index contributed by atoms with van der Waals surface area (Å²) in [5, 5.41) is 0. The lowest BCUT2D eigenvalue weighted by Gasteiger charge is -2.18. The van der Waals surface area contributed by atoms with Crippen molar-refractivity contribution in [3.63, 3.8) is 0 Å². The molecule has 0 spiro atoms. The van der Waals surface area contributed by atoms with E-state index in [0.29, 0.717) is 12.8 Å². The molecule has 0 amide bonds. The van der Waals surface area contributed by atoms with Crippen LogP contribution in [0.1, 0.15) is 194 Å². The van der Waals surface area contributed by atoms with Gasteiger partial charge >= 0.3 is 17.9 Å². The fraction of sp³-hybridized carbons (Fsp3) is 0.569. The van der Waals surface area contributed by atoms with Crippen molar-refractivity contribution in [3.8, 4) is 0 Å². The summed E-state index contributed by atoms with van der Waals surface area (Å²) < 4.78 is 16.7. The van der Waals surface area contributed by atoms with Gasteiger partial charge in [0, 0.05) is 19.3 Å². The summed E-state index contributed by atoms with van der Waals surface area (Å²) in [6.07, 6.45) is 71.4. The van der Waals surface area contributed by atoms with Crippen molar-refractivity contribution in [2.45, 2.75) is 200 Å². The van der Waals surface area contributed by atoms with E-state index in [-0.39, 0.29) is 37.5 Å². The van der Waals surface area contributed by atoms with E-state index in [1.807, 2.05) is 30.4 Å². The molecule has 1 unspecified atom stereocenters. The van der Waals surface area contributed by atoms with Crippen LogP contribution in [0.4, 0.5) is 0 Å². The van der Waals surface area contributed by atoms with Gasteiger partial charge in [0.05, 0.1) is 0 Å². The van der Waals surface area contributed by atoms with E-state index in [9.17, 15) is 14.4 Å². The van der Waals surface area contributed by atoms with Gasteiger partial charge in [-0.2, -0.15) is 0 Å². The van der Waals surface area contributed by atoms with Gasteiger partial charge in [-0.1, -0.05) is 225 Å². The fourth-order valence-electron chi connectivity index (χ4n) is 6.34. The van der Waals surface area contributed by atoms with E-state index in [4.69, 9.17) is 14.2 Å². The number of carbonyl (C=O) groups is 3. The van der Waals surface area contributed by atoms with E-state index in [1.165, 1.54) is 19.3 Å². The smallest absolute Gasteiger partial charge is 0.306 e. The molecule has 0 rings (SSSR count). The molecule has 0 aromatic heterocycles. The predicted molar refractivity (Wildman–Crippen MR) is 274 cm³/mol. The van der Waals surface area contributed by atoms with Gasteiger partial charge in [-0.3, -0.25) is 14.4 Å². The number of unbranched alkanes of at least 4 members (excludes halogenated alkanes) is 18. The maximum atomic E-state index is 12.8. The third kappa shape index (κ3) is 48.6. The Hall–Kier alpha value is -4.45. The zero-order valence-corrected chi connectivity index (χ0v) is 40.7. The molecule has 0 aromatic carbocycles. The number of carbonyl (C=O) groups excluding carboxylic acids is 3. The monoisotopic (exact) mass is 883 g/mol. The van der Waals surface area contributed by atoms with Gasteiger partial charge in [-0.25, -0.2) is 0 Å². The Kier molecular flexibility index (Phi) is 47.6. The summed E-state index contributed by atoms with van der Waals surface area (Å²) in [6, 6.07) is 0. The van der Waals surface area contributed by atoms with Crippen LogP contribution in [0.25, 0.3) is 0 Å². The molecule has 0 aliphatic carbocycles. The summed E-state index contributed by atoms with van der Waals surface area (Å²) in [6.45, 7) is 6.24. The van der Waals surface area contributed by atoms with Gasteiger partial charge in [-0.15, -0.1) is 0 Å². The molecule has 0 fully saturated rings. The molecule has 0 aliphatic heterocycles. The highest BCUT2D eigenvalue weighted by Crippen LogP contribution is 2.13. The number of allylic oxidation sites excluding steroid dienone is 22. The first-order valence-corrected chi connectivity index (χ1v) is 25.3. The fourth-order valence-corrected chi connectivity index (χ4v) is 6.34. The van der Waals surface area contributed by atoms with Crippen LogP contribution in [0, 0.1) is 0 Å². The first kappa shape index (κ1) is 59.5. The van der Waals surface area contributed by atoms with E-state index < -0.39 is 6.10 Å². The average molecular weight is 883 g/mol. The predicted octanol–water partition coefficient (Wildman–Crippen LogP) is 16.7. The molecule has 0 saturated carbocycles. The minimum atomic E-state index is -0.814. The molecule has 64 heavy (non-hydrogen) atoms. The zero-order valence-electron chi connectivity index (χ0n) is 40.7. The van der Waals surface area contributed by atoms with Crippen LogP contribution in [-0.2, 0) is 28.6 Å². The number of hydrogen-bond donors (Lipinski definition) is 0. The molecule has 6 nitrogen and oxygen atoms in total. The average Bonchev–Trinajstić information content (AvgIpc) is 3.29. The van der Waals surface area contributed by atoms with Crippen LogP contribution in [0.3, 0.4) is 0 Å². The highest BCUT2D eigenvalue weighted by molar-refractivity contribution is 5.71. The lowest BCUT2D eigenvalue weighted by molar-refractivity contribution is -0.167. The van der Waals surface area contributed by atoms with Crippen LogP contribution in [-0.4, -0.2) is 37.2 Å². The molecule has 0 aliphatic rings. The molecule has 1 atom stereocenters. The first-order valence-electron chi connectivity index (χ1n) is 25.3. The Morgan fingerprint density at radius 3 is 0.953 bits per heavy atom. The molecular formula is C58H90O6. The van der Waals surface area contributed by atoms with Crippen LogP contribution in [0.15, 0.2) is 134 Å². The molecular weight excluding hydrogens is 793 g/mol. The van der Waals surface area contributed by atoms with Gasteiger partial charge in [0.1, 0.15) is 13.2 Å². The van der Waals surface area contributed by atoms with E-state index >= 15 is 0 Å². The second-order valence-corrected chi connectivity index (χ2v) is 16.2. The summed E-state index contributed by atoms with van der Waals surface area (Å²) in [5.74, 6) is -0.988. The molecule has 0 radical (unpaired) electrons. The molecule has 0 bridgehead atoms. The SMILES string of the molecule is CC/C=C/C=C/C=C/C=C/CCCCCCCC(=O)OC(COC(=O)CCCCCCC/C=C/C=C/C=C/C=C/CCCCC)COC(=O)CCCCCCC/C=C/C=C/C=C/CC. The first-order chi connectivity index (χ1) is 31.5. The van der Waals surface area contributed by atoms with Crippen molar-refractivity contribution in [2.75, 3.05) is 13.2 Å². The van der Waals surface area contributed by atoms with Gasteiger partial charge in [0.15, 0.2) is 6.10 Å². The van der Waals surface area contributed by atoms with Gasteiger partial charge in [0.2, 0.25) is 0 Å². The molecule has 0 aromatic rings. The standard InChI is InChI=1S/C58H90O6/c1-4-7-10-13-16-19-22-25-27-28-29-31-33-36-39-42-45-48-51-57(60)63-54-55(53-62-56(59)50-47-44-41-38-35-32-24-21-18-15-12-9-6-3)64-58(61)52-49-46-43-40-37-34-30-26-23-20-17-14-11-8-5-2/h8-9,11-12,14-31,55H,4-7,10,13,32-54H2,1-3H3/b11-8+,12-9+,17-14+,18-15+,19-16+,23-20+,24-21+,25-22+,28-27+,30-26+,31-29+. The zero-order chi connectivity index (χ0) is 46.5. The van der Waals surface area contributed by atoms with Crippen molar-refractivity contribution in [3.05, 3.63) is 134 Å². The van der Waals surface area contributed by atoms with Crippen LogP contribution in [0.5, 0.6) is 0 Å². The van der Waals surface area contributed by atoms with Crippen molar-refractivity contribution in [1.82, 2.24) is 0 Å². The number of ether oxygens (including phenoxy) is 3. The maximum absolute atomic E-state index is 12.8. The number of hydrogen-bond acceptors (Lipinski definition) is 6. The van der Waals surface area contributed by atoms with Gasteiger partial charge < -0.3 is 14.2 Å². The summed E-state index contributed by atoms with van der Waals surface area (Å²) in [4.78, 5) is 38.0. The normalized spacial score (nSPS) is 13.2. The van der Waals surface area contributed by atoms with Crippen molar-refractivity contribution in [2.24, 2.45) is 0 Å². The minimum Gasteiger partial charge on any atom is -0.462 e. The van der Waals surface area contributed by atoms with Crippen LogP contribution in [0.2, 0.25) is 0 Å². The molecule has 0 heterocycles. The summed E-state index contributed by atoms with van der Waals surface area (Å²) in [7, 11) is 0. The maximum Gasteiger partial charge on any atom is 0.306 e. The number of rotatable bonds is 43. The summed E-state index contributed by atoms with van der Waals surface area (Å²) >= 11 is 0. The summed E-state index contributed by atoms with van der Waals surface area (Å²) in [5.41, 5.74) is 0. The molecule has 0 N–H and O–H groups in total. The van der Waals surface area contributed by atoms with Gasteiger partial charge in [0.25, 0.3) is 0 Å². The molecule has 358 valence electrons. The third-order valence-corrected chi connectivity index (χ3v) is 10.1.